The highest BCUT2D eigenvalue weighted by molar-refractivity contribution is 5.93. The standard InChI is InChI=1S/C17H14F3N3O/c18-17(19,20)8-14-3-2-13(10-22-14)16(24)23-9-11-1-4-15-12(7-11)5-6-21-15/h1-7,10,21H,8-9H2,(H,23,24). The molecule has 3 rings (SSSR count). The van der Waals surface area contributed by atoms with E-state index in [2.05, 4.69) is 15.3 Å². The van der Waals surface area contributed by atoms with Crippen LogP contribution in [0.1, 0.15) is 21.6 Å². The topological polar surface area (TPSA) is 57.8 Å². The molecule has 0 aliphatic heterocycles. The van der Waals surface area contributed by atoms with Crippen LogP contribution in [0.3, 0.4) is 0 Å². The van der Waals surface area contributed by atoms with E-state index in [0.29, 0.717) is 6.54 Å². The highest BCUT2D eigenvalue weighted by Gasteiger charge is 2.28. The van der Waals surface area contributed by atoms with Crippen molar-refractivity contribution in [1.29, 1.82) is 0 Å². The fraction of sp³-hybridized carbons (Fsp3) is 0.176. The smallest absolute Gasteiger partial charge is 0.361 e. The van der Waals surface area contributed by atoms with Crippen molar-refractivity contribution >= 4 is 16.8 Å². The molecule has 0 fully saturated rings. The summed E-state index contributed by atoms with van der Waals surface area (Å²) in [5.74, 6) is -0.379. The molecule has 0 saturated carbocycles. The van der Waals surface area contributed by atoms with Crippen LogP contribution in [-0.4, -0.2) is 22.1 Å². The lowest BCUT2D eigenvalue weighted by atomic mass is 10.1. The van der Waals surface area contributed by atoms with Gasteiger partial charge in [0, 0.05) is 30.1 Å². The van der Waals surface area contributed by atoms with E-state index in [1.165, 1.54) is 12.1 Å². The molecule has 2 heterocycles. The molecule has 0 spiro atoms. The van der Waals surface area contributed by atoms with Crippen molar-refractivity contribution in [2.45, 2.75) is 19.1 Å². The van der Waals surface area contributed by atoms with Gasteiger partial charge in [0.15, 0.2) is 0 Å². The number of carbonyl (C=O) groups is 1. The van der Waals surface area contributed by atoms with Crippen LogP contribution in [0, 0.1) is 0 Å². The molecular weight excluding hydrogens is 319 g/mol. The van der Waals surface area contributed by atoms with Crippen LogP contribution in [0.25, 0.3) is 10.9 Å². The number of nitrogens with one attached hydrogen (secondary N) is 2. The maximum Gasteiger partial charge on any atom is 0.394 e. The van der Waals surface area contributed by atoms with Gasteiger partial charge in [-0.15, -0.1) is 0 Å². The first-order valence-electron chi connectivity index (χ1n) is 7.27. The van der Waals surface area contributed by atoms with Crippen LogP contribution in [0.2, 0.25) is 0 Å². The van der Waals surface area contributed by atoms with E-state index in [1.807, 2.05) is 30.5 Å². The van der Waals surface area contributed by atoms with E-state index in [9.17, 15) is 18.0 Å². The third-order valence-corrected chi connectivity index (χ3v) is 3.54. The molecule has 2 N–H and O–H groups in total. The number of halogens is 3. The van der Waals surface area contributed by atoms with Crippen molar-refractivity contribution < 1.29 is 18.0 Å². The van der Waals surface area contributed by atoms with Crippen LogP contribution in [0.4, 0.5) is 13.2 Å². The highest BCUT2D eigenvalue weighted by Crippen LogP contribution is 2.20. The summed E-state index contributed by atoms with van der Waals surface area (Å²) in [6.07, 6.45) is -2.42. The molecular formula is C17H14F3N3O. The van der Waals surface area contributed by atoms with Crippen LogP contribution in [-0.2, 0) is 13.0 Å². The maximum atomic E-state index is 12.3. The molecule has 0 aliphatic rings. The number of benzene rings is 1. The number of carbonyl (C=O) groups excluding carboxylic acids is 1. The second kappa shape index (κ2) is 6.35. The van der Waals surface area contributed by atoms with Gasteiger partial charge in [0.1, 0.15) is 0 Å². The van der Waals surface area contributed by atoms with Gasteiger partial charge in [-0.05, 0) is 41.3 Å². The van der Waals surface area contributed by atoms with E-state index in [0.717, 1.165) is 22.7 Å². The first kappa shape index (κ1) is 16.0. The Morgan fingerprint density at radius 1 is 1.17 bits per heavy atom. The molecule has 1 aromatic carbocycles. The quantitative estimate of drug-likeness (QED) is 0.766. The molecule has 1 amide bonds. The lowest BCUT2D eigenvalue weighted by Crippen LogP contribution is -2.23. The Balaban J connectivity index is 1.62. The van der Waals surface area contributed by atoms with Gasteiger partial charge < -0.3 is 10.3 Å². The molecule has 7 heteroatoms. The number of aromatic nitrogens is 2. The third kappa shape index (κ3) is 3.92. The molecule has 0 aliphatic carbocycles. The van der Waals surface area contributed by atoms with Crippen molar-refractivity contribution in [2.75, 3.05) is 0 Å². The van der Waals surface area contributed by atoms with E-state index < -0.39 is 12.6 Å². The minimum Gasteiger partial charge on any atom is -0.361 e. The second-order valence-corrected chi connectivity index (χ2v) is 5.41. The average molecular weight is 333 g/mol. The summed E-state index contributed by atoms with van der Waals surface area (Å²) < 4.78 is 36.8. The zero-order valence-electron chi connectivity index (χ0n) is 12.5. The van der Waals surface area contributed by atoms with Gasteiger partial charge in [-0.1, -0.05) is 6.07 Å². The molecule has 24 heavy (non-hydrogen) atoms. The van der Waals surface area contributed by atoms with Gasteiger partial charge >= 0.3 is 6.18 Å². The van der Waals surface area contributed by atoms with E-state index in [-0.39, 0.29) is 17.2 Å². The van der Waals surface area contributed by atoms with Crippen LogP contribution < -0.4 is 5.32 Å². The second-order valence-electron chi connectivity index (χ2n) is 5.41. The number of H-pyrrole nitrogens is 1. The van der Waals surface area contributed by atoms with Crippen LogP contribution in [0.5, 0.6) is 0 Å². The number of aromatic amines is 1. The Labute approximate surface area is 135 Å². The third-order valence-electron chi connectivity index (χ3n) is 3.54. The number of nitrogens with zero attached hydrogens (tertiary/aromatic N) is 1. The first-order chi connectivity index (χ1) is 11.4. The van der Waals surface area contributed by atoms with Gasteiger partial charge in [-0.2, -0.15) is 13.2 Å². The number of hydrogen-bond acceptors (Lipinski definition) is 2. The van der Waals surface area contributed by atoms with E-state index >= 15 is 0 Å². The summed E-state index contributed by atoms with van der Waals surface area (Å²) in [6, 6.07) is 10.3. The fourth-order valence-corrected chi connectivity index (χ4v) is 2.37. The Bertz CT molecular complexity index is 853. The number of amides is 1. The van der Waals surface area contributed by atoms with Crippen molar-refractivity contribution in [3.63, 3.8) is 0 Å². The van der Waals surface area contributed by atoms with Crippen molar-refractivity contribution in [1.82, 2.24) is 15.3 Å². The molecule has 0 unspecified atom stereocenters. The Morgan fingerprint density at radius 2 is 2.00 bits per heavy atom. The number of alkyl halides is 3. The minimum absolute atomic E-state index is 0.114. The minimum atomic E-state index is -4.31. The summed E-state index contributed by atoms with van der Waals surface area (Å²) in [7, 11) is 0. The maximum absolute atomic E-state index is 12.3. The Morgan fingerprint density at radius 3 is 2.71 bits per heavy atom. The van der Waals surface area contributed by atoms with E-state index in [1.54, 1.807) is 0 Å². The SMILES string of the molecule is O=C(NCc1ccc2[nH]ccc2c1)c1ccc(CC(F)(F)F)nc1. The van der Waals surface area contributed by atoms with Gasteiger partial charge in [-0.25, -0.2) is 0 Å². The van der Waals surface area contributed by atoms with Crippen LogP contribution >= 0.6 is 0 Å². The predicted molar refractivity (Wildman–Crippen MR) is 83.5 cm³/mol. The normalized spacial score (nSPS) is 11.6. The van der Waals surface area contributed by atoms with Gasteiger partial charge in [0.2, 0.25) is 0 Å². The van der Waals surface area contributed by atoms with E-state index in [4.69, 9.17) is 0 Å². The summed E-state index contributed by atoms with van der Waals surface area (Å²) >= 11 is 0. The molecule has 0 saturated heterocycles. The Kier molecular flexibility index (Phi) is 4.24. The van der Waals surface area contributed by atoms with Crippen molar-refractivity contribution in [3.8, 4) is 0 Å². The van der Waals surface area contributed by atoms with Crippen molar-refractivity contribution in [2.24, 2.45) is 0 Å². The molecule has 0 atom stereocenters. The zero-order chi connectivity index (χ0) is 17.2. The molecule has 4 nitrogen and oxygen atoms in total. The van der Waals surface area contributed by atoms with Crippen molar-refractivity contribution in [3.05, 3.63) is 65.6 Å². The summed E-state index contributed by atoms with van der Waals surface area (Å²) in [5.41, 5.74) is 2.05. The number of hydrogen-bond donors (Lipinski definition) is 2. The summed E-state index contributed by atoms with van der Waals surface area (Å²) in [5, 5.41) is 3.77. The van der Waals surface area contributed by atoms with Crippen LogP contribution in [0.15, 0.2) is 48.8 Å². The molecule has 0 bridgehead atoms. The first-order valence-corrected chi connectivity index (χ1v) is 7.27. The fourth-order valence-electron chi connectivity index (χ4n) is 2.37. The monoisotopic (exact) mass is 333 g/mol. The molecule has 2 aromatic heterocycles. The largest absolute Gasteiger partial charge is 0.394 e. The summed E-state index contributed by atoms with van der Waals surface area (Å²) in [6.45, 7) is 0.324. The predicted octanol–water partition coefficient (Wildman–Crippen LogP) is 3.60. The number of fused-ring (bicyclic) bond motifs is 1. The molecule has 124 valence electrons. The lowest BCUT2D eigenvalue weighted by Gasteiger charge is -2.08. The number of pyridine rings is 1. The highest BCUT2D eigenvalue weighted by atomic mass is 19.4. The van der Waals surface area contributed by atoms with Gasteiger partial charge in [0.05, 0.1) is 12.0 Å². The van der Waals surface area contributed by atoms with Gasteiger partial charge in [-0.3, -0.25) is 9.78 Å². The average Bonchev–Trinajstić information content (AvgIpc) is 2.99. The Hall–Kier alpha value is -2.83. The molecule has 3 aromatic rings. The number of rotatable bonds is 4. The molecule has 0 radical (unpaired) electrons. The lowest BCUT2D eigenvalue weighted by molar-refractivity contribution is -0.127. The zero-order valence-corrected chi connectivity index (χ0v) is 12.5. The summed E-state index contributed by atoms with van der Waals surface area (Å²) in [4.78, 5) is 18.8. The van der Waals surface area contributed by atoms with Gasteiger partial charge in [0.25, 0.3) is 5.91 Å².